The van der Waals surface area contributed by atoms with Crippen molar-refractivity contribution in [3.05, 3.63) is 20.7 Å². The fourth-order valence-electron chi connectivity index (χ4n) is 3.29. The Labute approximate surface area is 188 Å². The first-order valence-corrected chi connectivity index (χ1v) is 13.3. The molecule has 0 saturated carbocycles. The average molecular weight is 540 g/mol. The number of hydrogen-bond donors (Lipinski definition) is 2. The molecular weight excluding hydrogens is 507 g/mol. The summed E-state index contributed by atoms with van der Waals surface area (Å²) in [5.74, 6) is -0.923. The van der Waals surface area contributed by atoms with Gasteiger partial charge in [0, 0.05) is 55.4 Å². The van der Waals surface area contributed by atoms with Gasteiger partial charge in [0.05, 0.1) is 0 Å². The zero-order chi connectivity index (χ0) is 20.6. The molecular formula is C18H32O4P2RuS2. The first-order valence-electron chi connectivity index (χ1n) is 8.46. The van der Waals surface area contributed by atoms with Gasteiger partial charge in [-0.05, 0) is 47.9 Å². The summed E-state index contributed by atoms with van der Waals surface area (Å²) >= 11 is 4.23. The first kappa shape index (κ1) is 29.8. The second kappa shape index (κ2) is 14.6. The Morgan fingerprint density at radius 3 is 1.70 bits per heavy atom. The van der Waals surface area contributed by atoms with Crippen LogP contribution >= 0.6 is 40.7 Å². The van der Waals surface area contributed by atoms with Gasteiger partial charge < -0.3 is 10.2 Å². The molecule has 0 aromatic carbocycles. The monoisotopic (exact) mass is 540 g/mol. The average Bonchev–Trinajstić information content (AvgIpc) is 2.91. The largest absolute Gasteiger partial charge is 0.481 e. The molecule has 0 aromatic rings. The molecule has 4 nitrogen and oxygen atoms in total. The third-order valence-corrected chi connectivity index (χ3v) is 9.54. The molecule has 0 fully saturated rings. The number of carboxylic acids is 2. The van der Waals surface area contributed by atoms with Crippen LogP contribution in [0.5, 0.6) is 0 Å². The zero-order valence-corrected chi connectivity index (χ0v) is 22.6. The molecule has 9 heteroatoms. The third-order valence-electron chi connectivity index (χ3n) is 4.01. The quantitative estimate of drug-likeness (QED) is 0.362. The van der Waals surface area contributed by atoms with Crippen LogP contribution in [0.1, 0.15) is 41.5 Å². The summed E-state index contributed by atoms with van der Waals surface area (Å²) in [6.07, 6.45) is 0. The van der Waals surface area contributed by atoms with Crippen LogP contribution < -0.4 is 0 Å². The molecule has 2 N–H and O–H groups in total. The van der Waals surface area contributed by atoms with Crippen LogP contribution in [0.25, 0.3) is 0 Å². The Morgan fingerprint density at radius 1 is 0.926 bits per heavy atom. The zero-order valence-electron chi connectivity index (χ0n) is 17.2. The van der Waals surface area contributed by atoms with Crippen molar-refractivity contribution in [1.29, 1.82) is 0 Å². The predicted molar refractivity (Wildman–Crippen MR) is 122 cm³/mol. The predicted octanol–water partition coefficient (Wildman–Crippen LogP) is 5.54. The molecule has 0 amide bonds. The molecule has 6 atom stereocenters. The maximum Gasteiger partial charge on any atom is 0.300 e. The van der Waals surface area contributed by atoms with Gasteiger partial charge in [0.1, 0.15) is 0 Å². The molecule has 0 saturated heterocycles. The van der Waals surface area contributed by atoms with Crippen molar-refractivity contribution in [1.82, 2.24) is 0 Å². The van der Waals surface area contributed by atoms with Gasteiger partial charge in [0.2, 0.25) is 0 Å². The molecule has 0 aromatic heterocycles. The van der Waals surface area contributed by atoms with Crippen LogP contribution in [0.2, 0.25) is 0 Å². The fourth-order valence-corrected chi connectivity index (χ4v) is 9.32. The Hall–Kier alpha value is 0.603. The van der Waals surface area contributed by atoms with Crippen LogP contribution in [0.3, 0.4) is 0 Å². The molecule has 2 rings (SSSR count). The van der Waals surface area contributed by atoms with Crippen molar-refractivity contribution in [2.24, 2.45) is 5.92 Å². The van der Waals surface area contributed by atoms with Crippen molar-refractivity contribution < 1.29 is 39.3 Å². The number of aliphatic carboxylic acids is 2. The Bertz CT molecular complexity index is 562. The summed E-state index contributed by atoms with van der Waals surface area (Å²) in [4.78, 5) is 21.2. The van der Waals surface area contributed by atoms with E-state index in [2.05, 4.69) is 64.5 Å². The molecule has 4 unspecified atom stereocenters. The molecule has 0 bridgehead atoms. The molecule has 27 heavy (non-hydrogen) atoms. The molecule has 2 heterocycles. The van der Waals surface area contributed by atoms with Gasteiger partial charge in [0.15, 0.2) is 0 Å². The Kier molecular flexibility index (Phi) is 16.1. The van der Waals surface area contributed by atoms with Gasteiger partial charge in [0.25, 0.3) is 11.9 Å². The minimum atomic E-state index is -0.833. The normalized spacial score (nSPS) is 27.4. The first-order chi connectivity index (χ1) is 12.0. The maximum absolute atomic E-state index is 9.00. The van der Waals surface area contributed by atoms with Crippen LogP contribution in [0, 0.1) is 5.92 Å². The van der Waals surface area contributed by atoms with E-state index >= 15 is 0 Å². The number of thioether (sulfide) groups is 2. The van der Waals surface area contributed by atoms with Crippen LogP contribution in [-0.4, -0.2) is 51.6 Å². The second-order valence-corrected chi connectivity index (χ2v) is 11.6. The molecule has 2 aliphatic rings. The van der Waals surface area contributed by atoms with Crippen molar-refractivity contribution in [3.8, 4) is 0 Å². The van der Waals surface area contributed by atoms with E-state index in [1.54, 1.807) is 20.7 Å². The van der Waals surface area contributed by atoms with Crippen LogP contribution in [-0.2, 0) is 29.1 Å². The molecule has 0 aliphatic carbocycles. The summed E-state index contributed by atoms with van der Waals surface area (Å²) in [7, 11) is 2.03. The van der Waals surface area contributed by atoms with Crippen LogP contribution in [0.15, 0.2) is 20.7 Å². The second-order valence-electron chi connectivity index (χ2n) is 6.16. The Morgan fingerprint density at radius 2 is 1.33 bits per heavy atom. The minimum absolute atomic E-state index is 0. The van der Waals surface area contributed by atoms with Gasteiger partial charge in [-0.3, -0.25) is 9.59 Å². The standard InChI is InChI=1S/C14H24P2S2.2C2H4O2.Ru/c1-7-11(13(15-5)9(3)17-7)12-8(2)18-10(4)14(12)16-6;2*1-2(3)4;/h7,10-11,14-16H,1-6H3;2*1H3,(H,3,4);/t7?,10-,11-,14?;;;/m1.../s1. The van der Waals surface area contributed by atoms with E-state index in [9.17, 15) is 0 Å². The summed E-state index contributed by atoms with van der Waals surface area (Å²) in [5, 5.41) is 18.1. The molecule has 0 spiro atoms. The van der Waals surface area contributed by atoms with Gasteiger partial charge in [-0.15, -0.1) is 32.1 Å². The van der Waals surface area contributed by atoms with Gasteiger partial charge >= 0.3 is 0 Å². The summed E-state index contributed by atoms with van der Waals surface area (Å²) in [6, 6.07) is 0. The third kappa shape index (κ3) is 9.77. The van der Waals surface area contributed by atoms with Gasteiger partial charge in [-0.2, -0.15) is 0 Å². The van der Waals surface area contributed by atoms with E-state index in [-0.39, 0.29) is 19.5 Å². The van der Waals surface area contributed by atoms with Gasteiger partial charge in [-0.25, -0.2) is 0 Å². The van der Waals surface area contributed by atoms with E-state index in [0.717, 1.165) is 53.1 Å². The SMILES string of the molecule is CC(=O)O.CC(=O)O.CPC1=C(C)SC(C)[C@@H]1C1=C(C)S[C@H](C)C1PC.[Ru]. The summed E-state index contributed by atoms with van der Waals surface area (Å²) < 4.78 is 0. The number of carbonyl (C=O) groups is 2. The molecule has 0 radical (unpaired) electrons. The molecule has 2 aliphatic heterocycles. The van der Waals surface area contributed by atoms with Gasteiger partial charge in [-0.1, -0.05) is 22.4 Å². The number of hydrogen-bond acceptors (Lipinski definition) is 4. The molecule has 158 valence electrons. The van der Waals surface area contributed by atoms with E-state index < -0.39 is 11.9 Å². The minimum Gasteiger partial charge on any atom is -0.481 e. The topological polar surface area (TPSA) is 74.6 Å². The Balaban J connectivity index is 0. The maximum atomic E-state index is 9.00. The van der Waals surface area contributed by atoms with Crippen molar-refractivity contribution in [2.45, 2.75) is 57.7 Å². The van der Waals surface area contributed by atoms with E-state index in [1.807, 2.05) is 0 Å². The van der Waals surface area contributed by atoms with E-state index in [4.69, 9.17) is 19.8 Å². The summed E-state index contributed by atoms with van der Waals surface area (Å²) in [6.45, 7) is 16.4. The number of carboxylic acid groups (broad SMARTS) is 2. The summed E-state index contributed by atoms with van der Waals surface area (Å²) in [5.41, 5.74) is 2.63. The van der Waals surface area contributed by atoms with Crippen molar-refractivity contribution >= 4 is 52.6 Å². The fraction of sp³-hybridized carbons (Fsp3) is 0.667. The van der Waals surface area contributed by atoms with E-state index in [0.29, 0.717) is 0 Å². The smallest absolute Gasteiger partial charge is 0.300 e. The van der Waals surface area contributed by atoms with E-state index in [1.165, 1.54) is 0 Å². The van der Waals surface area contributed by atoms with Crippen molar-refractivity contribution in [2.75, 3.05) is 13.3 Å². The van der Waals surface area contributed by atoms with Crippen molar-refractivity contribution in [3.63, 3.8) is 0 Å². The number of rotatable bonds is 3. The van der Waals surface area contributed by atoms with Crippen LogP contribution in [0.4, 0.5) is 0 Å². The number of allylic oxidation sites excluding steroid dienone is 4.